The maximum absolute atomic E-state index is 11.5. The SMILES string of the molecule is CCC(OCc1ccccc1)(OCc1ccccc1)[N+](=O)[O-]. The van der Waals surface area contributed by atoms with E-state index in [2.05, 4.69) is 0 Å². The molecule has 5 nitrogen and oxygen atoms in total. The molecule has 0 heterocycles. The zero-order valence-corrected chi connectivity index (χ0v) is 12.5. The van der Waals surface area contributed by atoms with E-state index in [4.69, 9.17) is 9.47 Å². The van der Waals surface area contributed by atoms with Gasteiger partial charge in [0.15, 0.2) is 0 Å². The molecule has 0 radical (unpaired) electrons. The van der Waals surface area contributed by atoms with E-state index in [1.54, 1.807) is 6.92 Å². The van der Waals surface area contributed by atoms with Gasteiger partial charge in [0.1, 0.15) is 0 Å². The Balaban J connectivity index is 2.05. The number of nitro groups is 1. The lowest BCUT2D eigenvalue weighted by Crippen LogP contribution is -2.43. The van der Waals surface area contributed by atoms with Crippen molar-refractivity contribution in [2.75, 3.05) is 0 Å². The van der Waals surface area contributed by atoms with E-state index in [0.717, 1.165) is 11.1 Å². The average Bonchev–Trinajstić information content (AvgIpc) is 2.57. The predicted molar refractivity (Wildman–Crippen MR) is 82.5 cm³/mol. The van der Waals surface area contributed by atoms with Crippen molar-refractivity contribution >= 4 is 0 Å². The second-order valence-corrected chi connectivity index (χ2v) is 4.87. The Morgan fingerprint density at radius 2 is 1.32 bits per heavy atom. The Morgan fingerprint density at radius 3 is 1.64 bits per heavy atom. The molecule has 22 heavy (non-hydrogen) atoms. The van der Waals surface area contributed by atoms with Crippen molar-refractivity contribution < 1.29 is 14.4 Å². The number of hydrogen-bond acceptors (Lipinski definition) is 4. The van der Waals surface area contributed by atoms with Gasteiger partial charge in [-0.2, -0.15) is 0 Å². The second kappa shape index (κ2) is 7.68. The highest BCUT2D eigenvalue weighted by molar-refractivity contribution is 5.14. The highest BCUT2D eigenvalue weighted by atomic mass is 16.8. The molecule has 5 heteroatoms. The first-order valence-electron chi connectivity index (χ1n) is 7.16. The smallest absolute Gasteiger partial charge is 0.286 e. The fraction of sp³-hybridized carbons (Fsp3) is 0.294. The molecule has 2 aromatic carbocycles. The monoisotopic (exact) mass is 301 g/mol. The van der Waals surface area contributed by atoms with Gasteiger partial charge < -0.3 is 0 Å². The molecule has 116 valence electrons. The molecule has 2 aromatic rings. The molecule has 2 rings (SSSR count). The van der Waals surface area contributed by atoms with E-state index < -0.39 is 10.8 Å². The van der Waals surface area contributed by atoms with Gasteiger partial charge in [-0.3, -0.25) is 19.6 Å². The zero-order valence-electron chi connectivity index (χ0n) is 12.5. The minimum atomic E-state index is -1.83. The topological polar surface area (TPSA) is 61.6 Å². The molecule has 0 aliphatic heterocycles. The van der Waals surface area contributed by atoms with E-state index in [9.17, 15) is 10.1 Å². The predicted octanol–water partition coefficient (Wildman–Crippen LogP) is 3.76. The van der Waals surface area contributed by atoms with Gasteiger partial charge in [-0.05, 0) is 11.1 Å². The lowest BCUT2D eigenvalue weighted by atomic mass is 10.2. The van der Waals surface area contributed by atoms with Crippen LogP contribution in [-0.4, -0.2) is 10.8 Å². The molecular weight excluding hydrogens is 282 g/mol. The fourth-order valence-corrected chi connectivity index (χ4v) is 2.02. The Kier molecular flexibility index (Phi) is 5.63. The maximum Gasteiger partial charge on any atom is 0.442 e. The molecule has 0 amide bonds. The molecule has 0 aliphatic rings. The number of ether oxygens (including phenoxy) is 2. The van der Waals surface area contributed by atoms with Gasteiger partial charge in [-0.15, -0.1) is 0 Å². The standard InChI is InChI=1S/C17H19NO4/c1-2-17(18(19)20,21-13-15-9-5-3-6-10-15)22-14-16-11-7-4-8-12-16/h3-12H,2,13-14H2,1H3. The Hall–Kier alpha value is -2.24. The van der Waals surface area contributed by atoms with Crippen LogP contribution in [0.25, 0.3) is 0 Å². The van der Waals surface area contributed by atoms with E-state index in [-0.39, 0.29) is 19.6 Å². The van der Waals surface area contributed by atoms with Crippen LogP contribution < -0.4 is 0 Å². The minimum Gasteiger partial charge on any atom is -0.286 e. The Bertz CT molecular complexity index is 543. The van der Waals surface area contributed by atoms with Crippen LogP contribution in [0.5, 0.6) is 0 Å². The largest absolute Gasteiger partial charge is 0.442 e. The lowest BCUT2D eigenvalue weighted by molar-refractivity contribution is -0.697. The van der Waals surface area contributed by atoms with Crippen LogP contribution in [0.2, 0.25) is 0 Å². The van der Waals surface area contributed by atoms with Crippen molar-refractivity contribution in [3.8, 4) is 0 Å². The Morgan fingerprint density at radius 1 is 0.909 bits per heavy atom. The van der Waals surface area contributed by atoms with Crippen LogP contribution in [0.15, 0.2) is 60.7 Å². The minimum absolute atomic E-state index is 0.125. The molecule has 0 fully saturated rings. The molecular formula is C17H19NO4. The van der Waals surface area contributed by atoms with E-state index in [0.29, 0.717) is 0 Å². The summed E-state index contributed by atoms with van der Waals surface area (Å²) in [4.78, 5) is 10.9. The number of nitrogens with zero attached hydrogens (tertiary/aromatic N) is 1. The van der Waals surface area contributed by atoms with Crippen LogP contribution in [0.3, 0.4) is 0 Å². The number of rotatable bonds is 8. The third kappa shape index (κ3) is 4.13. The van der Waals surface area contributed by atoms with Crippen molar-refractivity contribution in [2.24, 2.45) is 0 Å². The van der Waals surface area contributed by atoms with Gasteiger partial charge in [-0.1, -0.05) is 67.6 Å². The summed E-state index contributed by atoms with van der Waals surface area (Å²) >= 11 is 0. The van der Waals surface area contributed by atoms with Gasteiger partial charge in [0.05, 0.1) is 24.6 Å². The van der Waals surface area contributed by atoms with E-state index in [1.165, 1.54) is 0 Å². The molecule has 0 aliphatic carbocycles. The normalized spacial score (nSPS) is 11.3. The fourth-order valence-electron chi connectivity index (χ4n) is 2.02. The van der Waals surface area contributed by atoms with Crippen LogP contribution in [0.4, 0.5) is 0 Å². The first kappa shape index (κ1) is 16.1. The highest BCUT2D eigenvalue weighted by Crippen LogP contribution is 2.23. The van der Waals surface area contributed by atoms with Gasteiger partial charge in [0.2, 0.25) is 0 Å². The molecule has 0 saturated heterocycles. The summed E-state index contributed by atoms with van der Waals surface area (Å²) in [6.45, 7) is 1.94. The molecule has 0 bridgehead atoms. The summed E-state index contributed by atoms with van der Waals surface area (Å²) in [6.07, 6.45) is 0.125. The molecule has 0 atom stereocenters. The first-order valence-corrected chi connectivity index (χ1v) is 7.16. The van der Waals surface area contributed by atoms with Gasteiger partial charge in [-0.25, -0.2) is 0 Å². The molecule has 0 spiro atoms. The third-order valence-electron chi connectivity index (χ3n) is 3.34. The summed E-state index contributed by atoms with van der Waals surface area (Å²) in [5.74, 6) is -1.83. The van der Waals surface area contributed by atoms with Crippen LogP contribution in [0, 0.1) is 10.1 Å². The summed E-state index contributed by atoms with van der Waals surface area (Å²) in [5.41, 5.74) is 1.73. The highest BCUT2D eigenvalue weighted by Gasteiger charge is 2.44. The van der Waals surface area contributed by atoms with Crippen molar-refractivity contribution in [2.45, 2.75) is 32.5 Å². The summed E-state index contributed by atoms with van der Waals surface area (Å²) in [7, 11) is 0. The summed E-state index contributed by atoms with van der Waals surface area (Å²) in [5, 5.41) is 11.5. The molecule has 0 unspecified atom stereocenters. The molecule has 0 aromatic heterocycles. The molecule has 0 N–H and O–H groups in total. The Labute approximate surface area is 129 Å². The number of hydrogen-bond donors (Lipinski definition) is 0. The lowest BCUT2D eigenvalue weighted by Gasteiger charge is -2.23. The van der Waals surface area contributed by atoms with Gasteiger partial charge in [0, 0.05) is 0 Å². The average molecular weight is 301 g/mol. The quantitative estimate of drug-likeness (QED) is 0.423. The zero-order chi connectivity index (χ0) is 15.8. The first-order chi connectivity index (χ1) is 10.7. The third-order valence-corrected chi connectivity index (χ3v) is 3.34. The summed E-state index contributed by atoms with van der Waals surface area (Å²) in [6, 6.07) is 18.7. The van der Waals surface area contributed by atoms with Gasteiger partial charge >= 0.3 is 5.91 Å². The van der Waals surface area contributed by atoms with Crippen molar-refractivity contribution in [3.05, 3.63) is 81.9 Å². The second-order valence-electron chi connectivity index (χ2n) is 4.87. The molecule has 0 saturated carbocycles. The summed E-state index contributed by atoms with van der Waals surface area (Å²) < 4.78 is 11.1. The van der Waals surface area contributed by atoms with Crippen molar-refractivity contribution in [1.29, 1.82) is 0 Å². The maximum atomic E-state index is 11.5. The van der Waals surface area contributed by atoms with Crippen LogP contribution in [0.1, 0.15) is 24.5 Å². The van der Waals surface area contributed by atoms with Crippen LogP contribution >= 0.6 is 0 Å². The number of benzene rings is 2. The van der Waals surface area contributed by atoms with E-state index in [1.807, 2.05) is 60.7 Å². The van der Waals surface area contributed by atoms with Crippen molar-refractivity contribution in [3.63, 3.8) is 0 Å². The van der Waals surface area contributed by atoms with Crippen LogP contribution in [-0.2, 0) is 22.7 Å². The van der Waals surface area contributed by atoms with E-state index >= 15 is 0 Å². The van der Waals surface area contributed by atoms with Gasteiger partial charge in [0.25, 0.3) is 0 Å². The van der Waals surface area contributed by atoms with Crippen molar-refractivity contribution in [1.82, 2.24) is 0 Å².